The molecule has 1 aliphatic rings. The van der Waals surface area contributed by atoms with Crippen LogP contribution in [0.25, 0.3) is 11.0 Å². The van der Waals surface area contributed by atoms with Gasteiger partial charge >= 0.3 is 5.69 Å². The van der Waals surface area contributed by atoms with E-state index >= 15 is 0 Å². The molecule has 0 radical (unpaired) electrons. The maximum absolute atomic E-state index is 12.4. The van der Waals surface area contributed by atoms with Gasteiger partial charge < -0.3 is 10.3 Å². The second kappa shape index (κ2) is 8.43. The van der Waals surface area contributed by atoms with Crippen molar-refractivity contribution in [3.8, 4) is 0 Å². The number of aryl methyl sites for hydroxylation is 1. The molecule has 148 valence electrons. The number of fused-ring (bicyclic) bond motifs is 1. The SMILES string of the molecule is O=C(CN1CCC(n2c(=O)[nH]c3ccccc32)CC1)NCCCn1cccn1. The summed E-state index contributed by atoms with van der Waals surface area (Å²) < 4.78 is 3.74. The van der Waals surface area contributed by atoms with Crippen molar-refractivity contribution in [3.63, 3.8) is 0 Å². The van der Waals surface area contributed by atoms with E-state index in [1.165, 1.54) is 0 Å². The topological polar surface area (TPSA) is 88.0 Å². The number of carbonyl (C=O) groups excluding carboxylic acids is 1. The van der Waals surface area contributed by atoms with Crippen LogP contribution in [0, 0.1) is 0 Å². The summed E-state index contributed by atoms with van der Waals surface area (Å²) in [6, 6.07) is 9.87. The third-order valence-electron chi connectivity index (χ3n) is 5.36. The van der Waals surface area contributed by atoms with E-state index in [9.17, 15) is 9.59 Å². The minimum atomic E-state index is -0.0467. The van der Waals surface area contributed by atoms with Crippen LogP contribution in [-0.2, 0) is 11.3 Å². The summed E-state index contributed by atoms with van der Waals surface area (Å²) in [7, 11) is 0. The minimum Gasteiger partial charge on any atom is -0.355 e. The van der Waals surface area contributed by atoms with Crippen molar-refractivity contribution in [2.75, 3.05) is 26.2 Å². The predicted octanol–water partition coefficient (Wildman–Crippen LogP) is 1.37. The Morgan fingerprint density at radius 2 is 2.04 bits per heavy atom. The fourth-order valence-corrected chi connectivity index (χ4v) is 3.93. The molecule has 4 rings (SSSR count). The largest absolute Gasteiger partial charge is 0.355 e. The second-order valence-corrected chi connectivity index (χ2v) is 7.30. The number of para-hydroxylation sites is 2. The highest BCUT2D eigenvalue weighted by Crippen LogP contribution is 2.24. The van der Waals surface area contributed by atoms with Gasteiger partial charge in [0.2, 0.25) is 5.91 Å². The van der Waals surface area contributed by atoms with Crippen LogP contribution in [0.1, 0.15) is 25.3 Å². The smallest absolute Gasteiger partial charge is 0.326 e. The number of aromatic nitrogens is 4. The molecule has 8 heteroatoms. The number of hydrogen-bond acceptors (Lipinski definition) is 4. The molecule has 28 heavy (non-hydrogen) atoms. The first-order valence-electron chi connectivity index (χ1n) is 9.86. The molecule has 2 N–H and O–H groups in total. The molecule has 2 aromatic heterocycles. The van der Waals surface area contributed by atoms with E-state index in [-0.39, 0.29) is 17.6 Å². The number of rotatable bonds is 7. The molecule has 3 aromatic rings. The fraction of sp³-hybridized carbons (Fsp3) is 0.450. The summed E-state index contributed by atoms with van der Waals surface area (Å²) >= 11 is 0. The van der Waals surface area contributed by atoms with E-state index < -0.39 is 0 Å². The molecule has 0 saturated carbocycles. The fourth-order valence-electron chi connectivity index (χ4n) is 3.93. The predicted molar refractivity (Wildman–Crippen MR) is 107 cm³/mol. The number of nitrogens with one attached hydrogen (secondary N) is 2. The average molecular weight is 382 g/mol. The molecule has 3 heterocycles. The summed E-state index contributed by atoms with van der Waals surface area (Å²) in [5, 5.41) is 7.13. The molecular weight excluding hydrogens is 356 g/mol. The summed E-state index contributed by atoms with van der Waals surface area (Å²) in [6.07, 6.45) is 6.28. The molecule has 1 aromatic carbocycles. The second-order valence-electron chi connectivity index (χ2n) is 7.30. The molecular formula is C20H26N6O2. The number of amides is 1. The number of benzene rings is 1. The molecule has 0 bridgehead atoms. The minimum absolute atomic E-state index is 0.0467. The van der Waals surface area contributed by atoms with Gasteiger partial charge in [-0.2, -0.15) is 5.10 Å². The molecule has 1 amide bonds. The van der Waals surface area contributed by atoms with Gasteiger partial charge in [-0.3, -0.25) is 18.9 Å². The van der Waals surface area contributed by atoms with Crippen molar-refractivity contribution in [2.45, 2.75) is 31.8 Å². The highest BCUT2D eigenvalue weighted by atomic mass is 16.2. The van der Waals surface area contributed by atoms with Gasteiger partial charge in [0.15, 0.2) is 0 Å². The third-order valence-corrected chi connectivity index (χ3v) is 5.36. The highest BCUT2D eigenvalue weighted by Gasteiger charge is 2.24. The Hall–Kier alpha value is -2.87. The first kappa shape index (κ1) is 18.5. The normalized spacial score (nSPS) is 15.9. The van der Waals surface area contributed by atoms with Crippen LogP contribution >= 0.6 is 0 Å². The summed E-state index contributed by atoms with van der Waals surface area (Å²) in [4.78, 5) is 29.6. The van der Waals surface area contributed by atoms with Crippen LogP contribution < -0.4 is 11.0 Å². The molecule has 0 atom stereocenters. The van der Waals surface area contributed by atoms with Gasteiger partial charge in [-0.25, -0.2) is 4.79 Å². The molecule has 0 spiro atoms. The van der Waals surface area contributed by atoms with Crippen molar-refractivity contribution in [1.29, 1.82) is 0 Å². The molecule has 0 unspecified atom stereocenters. The van der Waals surface area contributed by atoms with Crippen molar-refractivity contribution in [3.05, 3.63) is 53.2 Å². The van der Waals surface area contributed by atoms with Gasteiger partial charge in [-0.05, 0) is 37.5 Å². The van der Waals surface area contributed by atoms with Crippen LogP contribution in [0.3, 0.4) is 0 Å². The van der Waals surface area contributed by atoms with Crippen molar-refractivity contribution >= 4 is 16.9 Å². The summed E-state index contributed by atoms with van der Waals surface area (Å²) in [5.74, 6) is 0.0585. The monoisotopic (exact) mass is 382 g/mol. The van der Waals surface area contributed by atoms with E-state index in [0.717, 1.165) is 49.9 Å². The number of likely N-dealkylation sites (tertiary alicyclic amines) is 1. The van der Waals surface area contributed by atoms with E-state index in [2.05, 4.69) is 20.3 Å². The number of carbonyl (C=O) groups is 1. The molecule has 1 aliphatic heterocycles. The van der Waals surface area contributed by atoms with Crippen LogP contribution in [0.5, 0.6) is 0 Å². The first-order valence-corrected chi connectivity index (χ1v) is 9.86. The number of H-pyrrole nitrogens is 1. The number of imidazole rings is 1. The van der Waals surface area contributed by atoms with Gasteiger partial charge in [0.1, 0.15) is 0 Å². The lowest BCUT2D eigenvalue weighted by atomic mass is 10.0. The Labute approximate surface area is 163 Å². The lowest BCUT2D eigenvalue weighted by Gasteiger charge is -2.32. The Kier molecular flexibility index (Phi) is 5.57. The van der Waals surface area contributed by atoms with E-state index in [1.54, 1.807) is 6.20 Å². The van der Waals surface area contributed by atoms with Crippen LogP contribution in [0.2, 0.25) is 0 Å². The Balaban J connectivity index is 1.23. The van der Waals surface area contributed by atoms with Crippen molar-refractivity contribution in [2.24, 2.45) is 0 Å². The summed E-state index contributed by atoms with van der Waals surface area (Å²) in [5.41, 5.74) is 1.79. The first-order chi connectivity index (χ1) is 13.7. The van der Waals surface area contributed by atoms with Gasteiger partial charge in [-0.1, -0.05) is 12.1 Å². The maximum Gasteiger partial charge on any atom is 0.326 e. The van der Waals surface area contributed by atoms with E-state index in [4.69, 9.17) is 0 Å². The lowest BCUT2D eigenvalue weighted by molar-refractivity contribution is -0.122. The zero-order chi connectivity index (χ0) is 19.3. The van der Waals surface area contributed by atoms with Crippen LogP contribution in [0.15, 0.2) is 47.5 Å². The maximum atomic E-state index is 12.4. The van der Waals surface area contributed by atoms with Gasteiger partial charge in [0, 0.05) is 44.6 Å². The Morgan fingerprint density at radius 1 is 1.21 bits per heavy atom. The zero-order valence-electron chi connectivity index (χ0n) is 15.9. The van der Waals surface area contributed by atoms with Gasteiger partial charge in [0.25, 0.3) is 0 Å². The molecule has 1 saturated heterocycles. The van der Waals surface area contributed by atoms with Crippen molar-refractivity contribution < 1.29 is 4.79 Å². The van der Waals surface area contributed by atoms with Gasteiger partial charge in [0.05, 0.1) is 17.6 Å². The molecule has 0 aliphatic carbocycles. The molecule has 1 fully saturated rings. The number of aromatic amines is 1. The van der Waals surface area contributed by atoms with Gasteiger partial charge in [-0.15, -0.1) is 0 Å². The lowest BCUT2D eigenvalue weighted by Crippen LogP contribution is -2.43. The zero-order valence-corrected chi connectivity index (χ0v) is 15.9. The number of nitrogens with zero attached hydrogens (tertiary/aromatic N) is 4. The number of piperidine rings is 1. The van der Waals surface area contributed by atoms with Crippen molar-refractivity contribution in [1.82, 2.24) is 29.5 Å². The van der Waals surface area contributed by atoms with E-state index in [1.807, 2.05) is 45.8 Å². The van der Waals surface area contributed by atoms with E-state index in [0.29, 0.717) is 13.1 Å². The van der Waals surface area contributed by atoms with Crippen LogP contribution in [0.4, 0.5) is 0 Å². The quantitative estimate of drug-likeness (QED) is 0.604. The Bertz CT molecular complexity index is 966. The van der Waals surface area contributed by atoms with Crippen LogP contribution in [-0.4, -0.2) is 56.3 Å². The third kappa shape index (κ3) is 4.17. The average Bonchev–Trinajstić information content (AvgIpc) is 3.33. The Morgan fingerprint density at radius 3 is 2.82 bits per heavy atom. The molecule has 8 nitrogen and oxygen atoms in total. The standard InChI is InChI=1S/C20H26N6O2/c27-19(21-9-3-11-25-12-4-10-22-25)15-24-13-7-16(8-14-24)26-18-6-2-1-5-17(18)23-20(26)28/h1-2,4-6,10,12,16H,3,7-9,11,13-15H2,(H,21,27)(H,23,28). The highest BCUT2D eigenvalue weighted by molar-refractivity contribution is 5.78. The number of hydrogen-bond donors (Lipinski definition) is 2. The summed E-state index contributed by atoms with van der Waals surface area (Å²) in [6.45, 7) is 3.50.